The predicted octanol–water partition coefficient (Wildman–Crippen LogP) is 6.41. The van der Waals surface area contributed by atoms with E-state index in [-0.39, 0.29) is 0 Å². The molecule has 0 fully saturated rings. The molecule has 0 saturated carbocycles. The van der Waals surface area contributed by atoms with E-state index in [1.807, 2.05) is 36.4 Å². The molecule has 0 aliphatic heterocycles. The number of halogens is 2. The second-order valence-corrected chi connectivity index (χ2v) is 6.76. The van der Waals surface area contributed by atoms with Crippen molar-refractivity contribution in [2.75, 3.05) is 14.2 Å². The molecule has 3 aromatic rings. The number of hydrogen-bond donors (Lipinski definition) is 0. The standard InChI is InChI=1S/C18H14Cl2O2S/c1-21-15-5-3-11(9-13(15)19)17-7-8-18(23-17)12-4-6-16(22-2)14(20)10-12/h3-10H,1-2H3. The van der Waals surface area contributed by atoms with E-state index in [9.17, 15) is 0 Å². The molecule has 23 heavy (non-hydrogen) atoms. The molecule has 0 amide bonds. The fraction of sp³-hybridized carbons (Fsp3) is 0.111. The van der Waals surface area contributed by atoms with Crippen LogP contribution in [0.25, 0.3) is 20.9 Å². The maximum atomic E-state index is 6.21. The van der Waals surface area contributed by atoms with E-state index in [0.29, 0.717) is 21.5 Å². The quantitative estimate of drug-likeness (QED) is 0.532. The lowest BCUT2D eigenvalue weighted by Crippen LogP contribution is -1.84. The first-order chi connectivity index (χ1) is 11.1. The van der Waals surface area contributed by atoms with Crippen LogP contribution >= 0.6 is 34.5 Å². The third-order valence-corrected chi connectivity index (χ3v) is 5.25. The van der Waals surface area contributed by atoms with Crippen LogP contribution in [0.15, 0.2) is 48.5 Å². The van der Waals surface area contributed by atoms with Crippen molar-refractivity contribution in [1.82, 2.24) is 0 Å². The van der Waals surface area contributed by atoms with Gasteiger partial charge in [-0.2, -0.15) is 0 Å². The second kappa shape index (κ2) is 6.83. The zero-order valence-electron chi connectivity index (χ0n) is 12.6. The van der Waals surface area contributed by atoms with Gasteiger partial charge in [0.25, 0.3) is 0 Å². The molecular formula is C18H14Cl2O2S. The van der Waals surface area contributed by atoms with Crippen molar-refractivity contribution in [3.63, 3.8) is 0 Å². The Morgan fingerprint density at radius 1 is 0.696 bits per heavy atom. The summed E-state index contributed by atoms with van der Waals surface area (Å²) < 4.78 is 10.4. The minimum atomic E-state index is 0.604. The van der Waals surface area contributed by atoms with Crippen molar-refractivity contribution < 1.29 is 9.47 Å². The highest BCUT2D eigenvalue weighted by molar-refractivity contribution is 7.18. The van der Waals surface area contributed by atoms with E-state index in [1.165, 1.54) is 0 Å². The van der Waals surface area contributed by atoms with Crippen LogP contribution in [-0.4, -0.2) is 14.2 Å². The number of ether oxygens (including phenoxy) is 2. The lowest BCUT2D eigenvalue weighted by atomic mass is 10.1. The molecule has 0 unspecified atom stereocenters. The van der Waals surface area contributed by atoms with Gasteiger partial charge < -0.3 is 9.47 Å². The van der Waals surface area contributed by atoms with Gasteiger partial charge >= 0.3 is 0 Å². The van der Waals surface area contributed by atoms with Crippen molar-refractivity contribution in [3.8, 4) is 32.4 Å². The Hall–Kier alpha value is -1.68. The first-order valence-corrected chi connectivity index (χ1v) is 8.47. The Kier molecular flexibility index (Phi) is 4.81. The van der Waals surface area contributed by atoms with E-state index in [4.69, 9.17) is 32.7 Å². The minimum Gasteiger partial charge on any atom is -0.495 e. The van der Waals surface area contributed by atoms with Gasteiger partial charge in [0, 0.05) is 9.75 Å². The molecule has 1 heterocycles. The zero-order chi connectivity index (χ0) is 16.4. The molecule has 0 N–H and O–H groups in total. The third-order valence-electron chi connectivity index (χ3n) is 3.48. The first-order valence-electron chi connectivity index (χ1n) is 6.90. The lowest BCUT2D eigenvalue weighted by Gasteiger charge is -2.05. The van der Waals surface area contributed by atoms with Gasteiger partial charge in [0.05, 0.1) is 24.3 Å². The molecule has 0 spiro atoms. The molecule has 0 atom stereocenters. The maximum absolute atomic E-state index is 6.21. The molecule has 2 nitrogen and oxygen atoms in total. The van der Waals surface area contributed by atoms with E-state index in [2.05, 4.69) is 12.1 Å². The first kappa shape index (κ1) is 16.2. The fourth-order valence-electron chi connectivity index (χ4n) is 2.29. The lowest BCUT2D eigenvalue weighted by molar-refractivity contribution is 0.415. The van der Waals surface area contributed by atoms with Crippen molar-refractivity contribution in [2.45, 2.75) is 0 Å². The van der Waals surface area contributed by atoms with Gasteiger partial charge in [-0.15, -0.1) is 11.3 Å². The number of thiophene rings is 1. The normalized spacial score (nSPS) is 10.6. The molecule has 0 saturated heterocycles. The summed E-state index contributed by atoms with van der Waals surface area (Å²) >= 11 is 14.1. The highest BCUT2D eigenvalue weighted by Gasteiger charge is 2.09. The van der Waals surface area contributed by atoms with Crippen LogP contribution in [0.2, 0.25) is 10.0 Å². The molecule has 3 rings (SSSR count). The summed E-state index contributed by atoms with van der Waals surface area (Å²) in [6.07, 6.45) is 0. The monoisotopic (exact) mass is 364 g/mol. The van der Waals surface area contributed by atoms with Gasteiger partial charge in [0.2, 0.25) is 0 Å². The molecule has 5 heteroatoms. The minimum absolute atomic E-state index is 0.604. The van der Waals surface area contributed by atoms with Crippen LogP contribution in [0.4, 0.5) is 0 Å². The molecule has 118 valence electrons. The summed E-state index contributed by atoms with van der Waals surface area (Å²) in [7, 11) is 3.22. The van der Waals surface area contributed by atoms with E-state index < -0.39 is 0 Å². The molecular weight excluding hydrogens is 351 g/mol. The molecule has 0 aliphatic carbocycles. The molecule has 0 bridgehead atoms. The van der Waals surface area contributed by atoms with Crippen LogP contribution in [0.5, 0.6) is 11.5 Å². The van der Waals surface area contributed by atoms with E-state index in [1.54, 1.807) is 25.6 Å². The Bertz CT molecular complexity index is 775. The van der Waals surface area contributed by atoms with Crippen LogP contribution in [-0.2, 0) is 0 Å². The van der Waals surface area contributed by atoms with Gasteiger partial charge in [-0.25, -0.2) is 0 Å². The summed E-state index contributed by atoms with van der Waals surface area (Å²) in [6, 6.07) is 15.7. The number of hydrogen-bond acceptors (Lipinski definition) is 3. The van der Waals surface area contributed by atoms with Crippen molar-refractivity contribution in [1.29, 1.82) is 0 Å². The summed E-state index contributed by atoms with van der Waals surface area (Å²) in [5.41, 5.74) is 2.12. The highest BCUT2D eigenvalue weighted by Crippen LogP contribution is 2.39. The van der Waals surface area contributed by atoms with Gasteiger partial charge in [0.1, 0.15) is 11.5 Å². The Labute approximate surface area is 149 Å². The Balaban J connectivity index is 1.94. The Morgan fingerprint density at radius 3 is 1.48 bits per heavy atom. The zero-order valence-corrected chi connectivity index (χ0v) is 14.9. The molecule has 0 radical (unpaired) electrons. The molecule has 0 aliphatic rings. The van der Waals surface area contributed by atoms with Crippen LogP contribution in [0.1, 0.15) is 0 Å². The van der Waals surface area contributed by atoms with Crippen molar-refractivity contribution in [3.05, 3.63) is 58.6 Å². The highest BCUT2D eigenvalue weighted by atomic mass is 35.5. The van der Waals surface area contributed by atoms with Crippen molar-refractivity contribution >= 4 is 34.5 Å². The van der Waals surface area contributed by atoms with Crippen LogP contribution in [0.3, 0.4) is 0 Å². The second-order valence-electron chi connectivity index (χ2n) is 4.86. The van der Waals surface area contributed by atoms with Crippen LogP contribution in [0, 0.1) is 0 Å². The van der Waals surface area contributed by atoms with Gasteiger partial charge in [-0.1, -0.05) is 23.2 Å². The Morgan fingerprint density at radius 2 is 1.13 bits per heavy atom. The van der Waals surface area contributed by atoms with Crippen LogP contribution < -0.4 is 9.47 Å². The molecule has 2 aromatic carbocycles. The SMILES string of the molecule is COc1ccc(-c2ccc(-c3ccc(OC)c(Cl)c3)s2)cc1Cl. The average Bonchev–Trinajstić information content (AvgIpc) is 3.04. The fourth-order valence-corrected chi connectivity index (χ4v) is 3.80. The summed E-state index contributed by atoms with van der Waals surface area (Å²) in [5, 5.41) is 1.21. The number of rotatable bonds is 4. The topological polar surface area (TPSA) is 18.5 Å². The van der Waals surface area contributed by atoms with Gasteiger partial charge in [-0.05, 0) is 59.7 Å². The summed E-state index contributed by atoms with van der Waals surface area (Å²) in [6.45, 7) is 0. The third kappa shape index (κ3) is 3.32. The van der Waals surface area contributed by atoms with E-state index in [0.717, 1.165) is 20.9 Å². The molecule has 1 aromatic heterocycles. The van der Waals surface area contributed by atoms with Crippen molar-refractivity contribution in [2.24, 2.45) is 0 Å². The largest absolute Gasteiger partial charge is 0.495 e. The summed E-state index contributed by atoms with van der Waals surface area (Å²) in [4.78, 5) is 2.27. The van der Waals surface area contributed by atoms with Gasteiger partial charge in [-0.3, -0.25) is 0 Å². The summed E-state index contributed by atoms with van der Waals surface area (Å²) in [5.74, 6) is 1.35. The predicted molar refractivity (Wildman–Crippen MR) is 98.3 cm³/mol. The number of methoxy groups -OCH3 is 2. The number of benzene rings is 2. The average molecular weight is 365 g/mol. The maximum Gasteiger partial charge on any atom is 0.137 e. The smallest absolute Gasteiger partial charge is 0.137 e. The van der Waals surface area contributed by atoms with Gasteiger partial charge in [0.15, 0.2) is 0 Å². The van der Waals surface area contributed by atoms with E-state index >= 15 is 0 Å².